The fourth-order valence-corrected chi connectivity index (χ4v) is 2.65. The summed E-state index contributed by atoms with van der Waals surface area (Å²) in [6.45, 7) is 0. The van der Waals surface area contributed by atoms with Crippen LogP contribution in [0.2, 0.25) is 5.02 Å². The molecule has 0 aliphatic rings. The quantitative estimate of drug-likeness (QED) is 0.707. The lowest BCUT2D eigenvalue weighted by molar-refractivity contribution is -0.121. The van der Waals surface area contributed by atoms with E-state index in [4.69, 9.17) is 25.8 Å². The summed E-state index contributed by atoms with van der Waals surface area (Å²) >= 11 is 6.06. The summed E-state index contributed by atoms with van der Waals surface area (Å²) in [6.07, 6.45) is 0.644. The van der Waals surface area contributed by atoms with Crippen molar-refractivity contribution in [2.24, 2.45) is 0 Å². The highest BCUT2D eigenvalue weighted by atomic mass is 35.5. The van der Waals surface area contributed by atoms with Crippen LogP contribution < -0.4 is 25.1 Å². The summed E-state index contributed by atoms with van der Waals surface area (Å²) in [4.78, 5) is 24.3. The van der Waals surface area contributed by atoms with Gasteiger partial charge in [-0.05, 0) is 30.2 Å². The van der Waals surface area contributed by atoms with Gasteiger partial charge in [0, 0.05) is 17.0 Å². The van der Waals surface area contributed by atoms with Gasteiger partial charge in [-0.25, -0.2) is 0 Å². The van der Waals surface area contributed by atoms with Crippen molar-refractivity contribution in [2.45, 2.75) is 12.8 Å². The molecule has 0 heterocycles. The van der Waals surface area contributed by atoms with E-state index < -0.39 is 5.91 Å². The van der Waals surface area contributed by atoms with E-state index in [9.17, 15) is 9.59 Å². The number of rotatable bonds is 7. The van der Waals surface area contributed by atoms with Crippen molar-refractivity contribution >= 4 is 23.4 Å². The molecule has 2 N–H and O–H groups in total. The lowest BCUT2D eigenvalue weighted by Gasteiger charge is -2.14. The van der Waals surface area contributed by atoms with Crippen LogP contribution in [0.25, 0.3) is 0 Å². The average molecular weight is 393 g/mol. The molecule has 8 heteroatoms. The Balaban J connectivity index is 1.97. The van der Waals surface area contributed by atoms with Crippen LogP contribution in [-0.2, 0) is 11.2 Å². The second-order valence-corrected chi connectivity index (χ2v) is 5.91. The van der Waals surface area contributed by atoms with Crippen LogP contribution in [0.4, 0.5) is 0 Å². The summed E-state index contributed by atoms with van der Waals surface area (Å²) < 4.78 is 15.6. The van der Waals surface area contributed by atoms with Crippen LogP contribution in [-0.4, -0.2) is 33.1 Å². The minimum atomic E-state index is -0.514. The molecule has 2 amide bonds. The highest BCUT2D eigenvalue weighted by molar-refractivity contribution is 6.31. The normalized spacial score (nSPS) is 10.1. The van der Waals surface area contributed by atoms with Crippen LogP contribution in [0.5, 0.6) is 17.2 Å². The second kappa shape index (κ2) is 9.68. The Morgan fingerprint density at radius 1 is 0.963 bits per heavy atom. The van der Waals surface area contributed by atoms with Gasteiger partial charge in [-0.15, -0.1) is 0 Å². The zero-order valence-corrected chi connectivity index (χ0v) is 16.1. The first kappa shape index (κ1) is 20.4. The Morgan fingerprint density at radius 3 is 2.15 bits per heavy atom. The Morgan fingerprint density at radius 2 is 1.59 bits per heavy atom. The van der Waals surface area contributed by atoms with E-state index in [0.717, 1.165) is 5.56 Å². The van der Waals surface area contributed by atoms with E-state index in [1.165, 1.54) is 33.5 Å². The Labute approximate surface area is 162 Å². The highest BCUT2D eigenvalue weighted by Gasteiger charge is 2.17. The third-order valence-electron chi connectivity index (χ3n) is 3.82. The molecule has 0 saturated heterocycles. The number of amides is 2. The molecule has 0 aliphatic heterocycles. The minimum absolute atomic E-state index is 0.180. The zero-order chi connectivity index (χ0) is 19.8. The molecule has 2 rings (SSSR count). The predicted octanol–water partition coefficient (Wildman–Crippen LogP) is 2.76. The van der Waals surface area contributed by atoms with Crippen molar-refractivity contribution in [3.05, 3.63) is 52.5 Å². The van der Waals surface area contributed by atoms with Gasteiger partial charge in [0.1, 0.15) is 0 Å². The Bertz CT molecular complexity index is 800. The van der Waals surface area contributed by atoms with Crippen molar-refractivity contribution in [1.29, 1.82) is 0 Å². The number of carbonyl (C=O) groups is 2. The summed E-state index contributed by atoms with van der Waals surface area (Å²) in [5.74, 6) is 0.204. The van der Waals surface area contributed by atoms with Crippen LogP contribution in [0.3, 0.4) is 0 Å². The Hall–Kier alpha value is -2.93. The first-order valence-electron chi connectivity index (χ1n) is 8.12. The molecule has 2 aromatic carbocycles. The van der Waals surface area contributed by atoms with Crippen LogP contribution >= 0.6 is 11.6 Å². The van der Waals surface area contributed by atoms with Gasteiger partial charge in [-0.2, -0.15) is 0 Å². The predicted molar refractivity (Wildman–Crippen MR) is 101 cm³/mol. The molecule has 0 atom stereocenters. The maximum atomic E-state index is 12.3. The highest BCUT2D eigenvalue weighted by Crippen LogP contribution is 2.38. The molecule has 27 heavy (non-hydrogen) atoms. The van der Waals surface area contributed by atoms with Gasteiger partial charge in [-0.1, -0.05) is 29.8 Å². The molecule has 0 aliphatic carbocycles. The molecule has 0 unspecified atom stereocenters. The van der Waals surface area contributed by atoms with E-state index in [0.29, 0.717) is 28.7 Å². The summed E-state index contributed by atoms with van der Waals surface area (Å²) in [6, 6.07) is 10.3. The number of carbonyl (C=O) groups excluding carboxylic acids is 2. The fraction of sp³-hybridized carbons (Fsp3) is 0.263. The van der Waals surface area contributed by atoms with E-state index in [1.54, 1.807) is 6.07 Å². The molecule has 0 fully saturated rings. The third kappa shape index (κ3) is 5.27. The SMILES string of the molecule is COc1cc(C(=O)NNC(=O)CCc2ccccc2Cl)cc(OC)c1OC. The van der Waals surface area contributed by atoms with E-state index in [-0.39, 0.29) is 17.9 Å². The van der Waals surface area contributed by atoms with Crippen molar-refractivity contribution in [1.82, 2.24) is 10.9 Å². The first-order valence-corrected chi connectivity index (χ1v) is 8.50. The number of aryl methyl sites for hydroxylation is 1. The van der Waals surface area contributed by atoms with E-state index in [2.05, 4.69) is 10.9 Å². The van der Waals surface area contributed by atoms with Crippen LogP contribution in [0.1, 0.15) is 22.3 Å². The van der Waals surface area contributed by atoms with Gasteiger partial charge in [-0.3, -0.25) is 20.4 Å². The number of hydrogen-bond acceptors (Lipinski definition) is 5. The van der Waals surface area contributed by atoms with Gasteiger partial charge in [0.15, 0.2) is 11.5 Å². The van der Waals surface area contributed by atoms with Gasteiger partial charge in [0.05, 0.1) is 21.3 Å². The summed E-state index contributed by atoms with van der Waals surface area (Å²) in [5.41, 5.74) is 5.86. The number of hydrazine groups is 1. The van der Waals surface area contributed by atoms with Crippen molar-refractivity contribution in [3.63, 3.8) is 0 Å². The molecule has 7 nitrogen and oxygen atoms in total. The van der Waals surface area contributed by atoms with Gasteiger partial charge in [0.2, 0.25) is 11.7 Å². The minimum Gasteiger partial charge on any atom is -0.493 e. The van der Waals surface area contributed by atoms with Crippen molar-refractivity contribution < 1.29 is 23.8 Å². The lowest BCUT2D eigenvalue weighted by Crippen LogP contribution is -2.41. The number of hydrogen-bond donors (Lipinski definition) is 2. The molecule has 0 saturated carbocycles. The first-order chi connectivity index (χ1) is 13.0. The summed E-state index contributed by atoms with van der Waals surface area (Å²) in [7, 11) is 4.38. The molecular weight excluding hydrogens is 372 g/mol. The van der Waals surface area contributed by atoms with Crippen molar-refractivity contribution in [3.8, 4) is 17.2 Å². The zero-order valence-electron chi connectivity index (χ0n) is 15.3. The fourth-order valence-electron chi connectivity index (χ4n) is 2.42. The third-order valence-corrected chi connectivity index (χ3v) is 4.19. The molecular formula is C19H21ClN2O5. The van der Waals surface area contributed by atoms with Gasteiger partial charge < -0.3 is 14.2 Å². The maximum Gasteiger partial charge on any atom is 0.269 e. The number of nitrogens with one attached hydrogen (secondary N) is 2. The number of benzene rings is 2. The molecule has 0 aromatic heterocycles. The molecule has 0 bridgehead atoms. The smallest absolute Gasteiger partial charge is 0.269 e. The number of halogens is 1. The molecule has 0 spiro atoms. The number of ether oxygens (including phenoxy) is 3. The topological polar surface area (TPSA) is 85.9 Å². The molecule has 2 aromatic rings. The van der Waals surface area contributed by atoms with Gasteiger partial charge in [0.25, 0.3) is 5.91 Å². The van der Waals surface area contributed by atoms with Crippen molar-refractivity contribution in [2.75, 3.05) is 21.3 Å². The van der Waals surface area contributed by atoms with Crippen LogP contribution in [0.15, 0.2) is 36.4 Å². The monoisotopic (exact) mass is 392 g/mol. The standard InChI is InChI=1S/C19H21ClN2O5/c1-25-15-10-13(11-16(26-2)18(15)27-3)19(24)22-21-17(23)9-8-12-6-4-5-7-14(12)20/h4-7,10-11H,8-9H2,1-3H3,(H,21,23)(H,22,24). The number of methoxy groups -OCH3 is 3. The second-order valence-electron chi connectivity index (χ2n) is 5.51. The lowest BCUT2D eigenvalue weighted by atomic mass is 10.1. The average Bonchev–Trinajstić information content (AvgIpc) is 2.70. The van der Waals surface area contributed by atoms with E-state index >= 15 is 0 Å². The largest absolute Gasteiger partial charge is 0.493 e. The van der Waals surface area contributed by atoms with E-state index in [1.807, 2.05) is 18.2 Å². The van der Waals surface area contributed by atoms with Gasteiger partial charge >= 0.3 is 0 Å². The molecule has 144 valence electrons. The van der Waals surface area contributed by atoms with Crippen LogP contribution in [0, 0.1) is 0 Å². The Kier molecular flexibility index (Phi) is 7.31. The molecule has 0 radical (unpaired) electrons. The summed E-state index contributed by atoms with van der Waals surface area (Å²) in [5, 5.41) is 0.603. The maximum absolute atomic E-state index is 12.3.